The molecule has 1 unspecified atom stereocenters. The molecule has 0 radical (unpaired) electrons. The van der Waals surface area contributed by atoms with E-state index in [-0.39, 0.29) is 18.4 Å². The number of aryl methyl sites for hydroxylation is 1. The topological polar surface area (TPSA) is 59.6 Å². The number of ether oxygens (including phenoxy) is 2. The SMILES string of the molecule is Cc1ccc(CNCC2COc3cc(Cl)c4c(c3O2)CC(=O)N4)cc1. The van der Waals surface area contributed by atoms with E-state index in [0.29, 0.717) is 35.4 Å². The molecule has 0 aliphatic carbocycles. The van der Waals surface area contributed by atoms with Gasteiger partial charge in [-0.3, -0.25) is 4.79 Å². The summed E-state index contributed by atoms with van der Waals surface area (Å²) in [7, 11) is 0. The van der Waals surface area contributed by atoms with Gasteiger partial charge in [-0.15, -0.1) is 0 Å². The number of carbonyl (C=O) groups is 1. The Kier molecular flexibility index (Phi) is 4.27. The predicted molar refractivity (Wildman–Crippen MR) is 96.6 cm³/mol. The van der Waals surface area contributed by atoms with Crippen molar-refractivity contribution in [3.63, 3.8) is 0 Å². The molecule has 1 amide bonds. The number of nitrogens with one attached hydrogen (secondary N) is 2. The summed E-state index contributed by atoms with van der Waals surface area (Å²) in [6.45, 7) is 3.95. The van der Waals surface area contributed by atoms with Crippen LogP contribution in [0, 0.1) is 6.92 Å². The van der Waals surface area contributed by atoms with Crippen LogP contribution in [0.2, 0.25) is 5.02 Å². The molecule has 1 atom stereocenters. The van der Waals surface area contributed by atoms with E-state index in [1.54, 1.807) is 6.07 Å². The molecule has 4 rings (SSSR count). The van der Waals surface area contributed by atoms with E-state index < -0.39 is 0 Å². The molecule has 130 valence electrons. The zero-order valence-electron chi connectivity index (χ0n) is 13.9. The molecule has 2 aromatic rings. The first kappa shape index (κ1) is 16.2. The summed E-state index contributed by atoms with van der Waals surface area (Å²) in [6.07, 6.45) is 0.157. The number of hydrogen-bond acceptors (Lipinski definition) is 4. The van der Waals surface area contributed by atoms with Crippen LogP contribution in [0.25, 0.3) is 0 Å². The first-order valence-electron chi connectivity index (χ1n) is 8.31. The fourth-order valence-electron chi connectivity index (χ4n) is 3.11. The minimum absolute atomic E-state index is 0.0754. The second kappa shape index (κ2) is 6.58. The van der Waals surface area contributed by atoms with Crippen molar-refractivity contribution in [1.29, 1.82) is 0 Å². The van der Waals surface area contributed by atoms with Crippen LogP contribution in [-0.2, 0) is 17.8 Å². The Labute approximate surface area is 151 Å². The molecule has 2 aliphatic heterocycles. The molecule has 2 N–H and O–H groups in total. The van der Waals surface area contributed by atoms with Gasteiger partial charge < -0.3 is 20.1 Å². The van der Waals surface area contributed by atoms with E-state index in [1.165, 1.54) is 11.1 Å². The Hall–Kier alpha value is -2.24. The van der Waals surface area contributed by atoms with Crippen molar-refractivity contribution in [1.82, 2.24) is 5.32 Å². The third-order valence-corrected chi connectivity index (χ3v) is 4.73. The van der Waals surface area contributed by atoms with Gasteiger partial charge in [-0.05, 0) is 12.5 Å². The van der Waals surface area contributed by atoms with Crippen molar-refractivity contribution < 1.29 is 14.3 Å². The Morgan fingerprint density at radius 2 is 2.12 bits per heavy atom. The molecule has 6 heteroatoms. The normalized spacial score (nSPS) is 18.0. The number of benzene rings is 2. The van der Waals surface area contributed by atoms with Crippen molar-refractivity contribution in [3.05, 3.63) is 52.0 Å². The molecule has 2 heterocycles. The number of hydrogen-bond donors (Lipinski definition) is 2. The lowest BCUT2D eigenvalue weighted by atomic mass is 10.1. The van der Waals surface area contributed by atoms with Crippen molar-refractivity contribution in [2.45, 2.75) is 26.0 Å². The minimum atomic E-state index is -0.112. The number of rotatable bonds is 4. The molecule has 0 spiro atoms. The highest BCUT2D eigenvalue weighted by Gasteiger charge is 2.31. The fourth-order valence-corrected chi connectivity index (χ4v) is 3.37. The van der Waals surface area contributed by atoms with Crippen LogP contribution in [0.15, 0.2) is 30.3 Å². The number of anilines is 1. The molecule has 0 aromatic heterocycles. The first-order chi connectivity index (χ1) is 12.1. The molecule has 0 bridgehead atoms. The predicted octanol–water partition coefficient (Wildman–Crippen LogP) is 3.07. The smallest absolute Gasteiger partial charge is 0.229 e. The molecule has 25 heavy (non-hydrogen) atoms. The lowest BCUT2D eigenvalue weighted by Crippen LogP contribution is -2.38. The van der Waals surface area contributed by atoms with E-state index in [1.807, 2.05) is 0 Å². The second-order valence-corrected chi connectivity index (χ2v) is 6.84. The zero-order chi connectivity index (χ0) is 17.4. The quantitative estimate of drug-likeness (QED) is 0.881. The summed E-state index contributed by atoms with van der Waals surface area (Å²) < 4.78 is 11.9. The van der Waals surface area contributed by atoms with Gasteiger partial charge in [0.1, 0.15) is 12.7 Å². The van der Waals surface area contributed by atoms with Gasteiger partial charge in [-0.2, -0.15) is 0 Å². The highest BCUT2D eigenvalue weighted by atomic mass is 35.5. The Morgan fingerprint density at radius 1 is 1.32 bits per heavy atom. The lowest BCUT2D eigenvalue weighted by Gasteiger charge is -2.28. The largest absolute Gasteiger partial charge is 0.486 e. The Balaban J connectivity index is 1.42. The van der Waals surface area contributed by atoms with Crippen LogP contribution in [0.5, 0.6) is 11.5 Å². The average Bonchev–Trinajstić information content (AvgIpc) is 3.00. The standard InChI is InChI=1S/C19H19ClN2O3/c1-11-2-4-12(5-3-11)8-21-9-13-10-24-16-7-15(20)18-14(19(16)25-13)6-17(23)22-18/h2-5,7,13,21H,6,8-10H2,1H3,(H,22,23). The highest BCUT2D eigenvalue weighted by Crippen LogP contribution is 2.46. The van der Waals surface area contributed by atoms with Gasteiger partial charge >= 0.3 is 0 Å². The molecular weight excluding hydrogens is 340 g/mol. The van der Waals surface area contributed by atoms with E-state index in [0.717, 1.165) is 12.1 Å². The maximum atomic E-state index is 11.7. The number of fused-ring (bicyclic) bond motifs is 3. The summed E-state index contributed by atoms with van der Waals surface area (Å²) in [5, 5.41) is 6.66. The van der Waals surface area contributed by atoms with Gasteiger partial charge in [0.05, 0.1) is 17.1 Å². The summed E-state index contributed by atoms with van der Waals surface area (Å²) in [5.74, 6) is 1.16. The molecular formula is C19H19ClN2O3. The lowest BCUT2D eigenvalue weighted by molar-refractivity contribution is -0.115. The summed E-state index contributed by atoms with van der Waals surface area (Å²) in [6, 6.07) is 10.1. The molecule has 2 aliphatic rings. The molecule has 0 saturated carbocycles. The number of amides is 1. The third kappa shape index (κ3) is 3.30. The van der Waals surface area contributed by atoms with Crippen molar-refractivity contribution in [3.8, 4) is 11.5 Å². The summed E-state index contributed by atoms with van der Waals surface area (Å²) in [5.41, 5.74) is 3.91. The average molecular weight is 359 g/mol. The fraction of sp³-hybridized carbons (Fsp3) is 0.316. The molecule has 0 saturated heterocycles. The summed E-state index contributed by atoms with van der Waals surface area (Å²) >= 11 is 6.21. The van der Waals surface area contributed by atoms with Gasteiger partial charge in [0.2, 0.25) is 5.91 Å². The van der Waals surface area contributed by atoms with E-state index in [2.05, 4.69) is 41.8 Å². The number of halogens is 1. The van der Waals surface area contributed by atoms with Gasteiger partial charge in [0.15, 0.2) is 11.5 Å². The van der Waals surface area contributed by atoms with E-state index in [4.69, 9.17) is 21.1 Å². The van der Waals surface area contributed by atoms with Crippen LogP contribution in [0.3, 0.4) is 0 Å². The van der Waals surface area contributed by atoms with Gasteiger partial charge in [0, 0.05) is 24.7 Å². The minimum Gasteiger partial charge on any atom is -0.486 e. The number of carbonyl (C=O) groups excluding carboxylic acids is 1. The van der Waals surface area contributed by atoms with Crippen LogP contribution >= 0.6 is 11.6 Å². The second-order valence-electron chi connectivity index (χ2n) is 6.43. The van der Waals surface area contributed by atoms with Crippen molar-refractivity contribution in [2.75, 3.05) is 18.5 Å². The Bertz CT molecular complexity index is 820. The van der Waals surface area contributed by atoms with Crippen LogP contribution < -0.4 is 20.1 Å². The van der Waals surface area contributed by atoms with Gasteiger partial charge in [-0.1, -0.05) is 41.4 Å². The van der Waals surface area contributed by atoms with Crippen LogP contribution in [0.4, 0.5) is 5.69 Å². The van der Waals surface area contributed by atoms with Gasteiger partial charge in [0.25, 0.3) is 0 Å². The van der Waals surface area contributed by atoms with Crippen LogP contribution in [-0.4, -0.2) is 25.2 Å². The van der Waals surface area contributed by atoms with Gasteiger partial charge in [-0.25, -0.2) is 0 Å². The zero-order valence-corrected chi connectivity index (χ0v) is 14.7. The highest BCUT2D eigenvalue weighted by molar-refractivity contribution is 6.34. The monoisotopic (exact) mass is 358 g/mol. The van der Waals surface area contributed by atoms with E-state index >= 15 is 0 Å². The molecule has 5 nitrogen and oxygen atoms in total. The van der Waals surface area contributed by atoms with Crippen LogP contribution in [0.1, 0.15) is 16.7 Å². The van der Waals surface area contributed by atoms with Crippen molar-refractivity contribution >= 4 is 23.2 Å². The third-order valence-electron chi connectivity index (χ3n) is 4.43. The molecule has 0 fully saturated rings. The Morgan fingerprint density at radius 3 is 2.92 bits per heavy atom. The summed E-state index contributed by atoms with van der Waals surface area (Å²) in [4.78, 5) is 11.7. The molecule has 2 aromatic carbocycles. The maximum Gasteiger partial charge on any atom is 0.229 e. The maximum absolute atomic E-state index is 11.7. The van der Waals surface area contributed by atoms with Crippen molar-refractivity contribution in [2.24, 2.45) is 0 Å². The first-order valence-corrected chi connectivity index (χ1v) is 8.69. The van der Waals surface area contributed by atoms with E-state index in [9.17, 15) is 4.79 Å².